The number of nitrogens with zero attached hydrogens (tertiary/aromatic N) is 3. The fourth-order valence-electron chi connectivity index (χ4n) is 5.03. The molecule has 8 heteroatoms. The van der Waals surface area contributed by atoms with E-state index < -0.39 is 17.7 Å². The third kappa shape index (κ3) is 5.19. The largest absolute Gasteiger partial charge is 0.479 e. The van der Waals surface area contributed by atoms with Crippen molar-refractivity contribution in [3.8, 4) is 21.7 Å². The number of hydrogen-bond donors (Lipinski definition) is 1. The van der Waals surface area contributed by atoms with Crippen molar-refractivity contribution < 1.29 is 14.6 Å². The van der Waals surface area contributed by atoms with Gasteiger partial charge in [0.05, 0.1) is 26.9 Å². The van der Waals surface area contributed by atoms with Gasteiger partial charge in [-0.1, -0.05) is 37.6 Å². The molecule has 0 saturated heterocycles. The van der Waals surface area contributed by atoms with E-state index >= 15 is 0 Å². The lowest BCUT2D eigenvalue weighted by atomic mass is 9.91. The fraction of sp³-hybridized carbons (Fsp3) is 0.323. The highest BCUT2D eigenvalue weighted by Crippen LogP contribution is 2.44. The summed E-state index contributed by atoms with van der Waals surface area (Å²) in [5.41, 5.74) is 6.24. The van der Waals surface area contributed by atoms with Gasteiger partial charge in [-0.25, -0.2) is 14.8 Å². The van der Waals surface area contributed by atoms with E-state index in [4.69, 9.17) is 26.3 Å². The van der Waals surface area contributed by atoms with Crippen LogP contribution in [0.1, 0.15) is 63.6 Å². The topological polar surface area (TPSA) is 77.2 Å². The van der Waals surface area contributed by atoms with Gasteiger partial charge in [-0.05, 0) is 75.2 Å². The summed E-state index contributed by atoms with van der Waals surface area (Å²) in [5, 5.41) is 11.7. The summed E-state index contributed by atoms with van der Waals surface area (Å²) < 4.78 is 9.16. The number of halogens is 1. The maximum absolute atomic E-state index is 12.6. The van der Waals surface area contributed by atoms with Gasteiger partial charge in [0.15, 0.2) is 6.10 Å². The summed E-state index contributed by atoms with van der Waals surface area (Å²) in [5.74, 6) is 0.318. The number of aromatic nitrogens is 3. The van der Waals surface area contributed by atoms with E-state index in [1.165, 1.54) is 0 Å². The minimum Gasteiger partial charge on any atom is -0.479 e. The first-order chi connectivity index (χ1) is 18.3. The number of aryl methyl sites for hydroxylation is 2. The zero-order valence-electron chi connectivity index (χ0n) is 23.2. The second-order valence-electron chi connectivity index (χ2n) is 11.2. The van der Waals surface area contributed by atoms with Crippen molar-refractivity contribution in [2.75, 3.05) is 0 Å². The smallest absolute Gasteiger partial charge is 0.337 e. The summed E-state index contributed by atoms with van der Waals surface area (Å²) in [6, 6.07) is 15.7. The molecule has 1 unspecified atom stereocenters. The monoisotopic (exact) mass is 561 g/mol. The average Bonchev–Trinajstić information content (AvgIpc) is 3.42. The van der Waals surface area contributed by atoms with Crippen molar-refractivity contribution in [1.82, 2.24) is 14.5 Å². The zero-order chi connectivity index (χ0) is 28.2. The highest BCUT2D eigenvalue weighted by atomic mass is 35.5. The molecule has 2 heterocycles. The highest BCUT2D eigenvalue weighted by molar-refractivity contribution is 7.22. The third-order valence-electron chi connectivity index (χ3n) is 6.70. The summed E-state index contributed by atoms with van der Waals surface area (Å²) in [7, 11) is 2.04. The highest BCUT2D eigenvalue weighted by Gasteiger charge is 2.32. The van der Waals surface area contributed by atoms with E-state index in [-0.39, 0.29) is 0 Å². The maximum atomic E-state index is 12.6. The molecule has 0 aliphatic rings. The molecule has 202 valence electrons. The lowest BCUT2D eigenvalue weighted by Crippen LogP contribution is -2.28. The first-order valence-corrected chi connectivity index (χ1v) is 14.1. The molecular weight excluding hydrogens is 530 g/mol. The van der Waals surface area contributed by atoms with Crippen LogP contribution in [0, 0.1) is 6.92 Å². The van der Waals surface area contributed by atoms with Gasteiger partial charge in [-0.15, -0.1) is 11.3 Å². The fourth-order valence-corrected chi connectivity index (χ4v) is 6.28. The summed E-state index contributed by atoms with van der Waals surface area (Å²) in [4.78, 5) is 22.4. The van der Waals surface area contributed by atoms with Crippen molar-refractivity contribution >= 4 is 50.2 Å². The molecule has 5 rings (SSSR count). The molecule has 1 N–H and O–H groups in total. The lowest BCUT2D eigenvalue weighted by molar-refractivity contribution is -0.160. The Kier molecular flexibility index (Phi) is 7.04. The van der Waals surface area contributed by atoms with Crippen LogP contribution in [0.25, 0.3) is 42.9 Å². The van der Waals surface area contributed by atoms with Crippen LogP contribution in [0.3, 0.4) is 0 Å². The Morgan fingerprint density at radius 2 is 1.69 bits per heavy atom. The second-order valence-corrected chi connectivity index (χ2v) is 12.6. The minimum absolute atomic E-state index is 0.314. The first-order valence-electron chi connectivity index (χ1n) is 12.9. The van der Waals surface area contributed by atoms with Gasteiger partial charge < -0.3 is 14.4 Å². The number of hydrogen-bond acceptors (Lipinski definition) is 5. The Labute approximate surface area is 237 Å². The number of carbonyl (C=O) groups is 1. The molecule has 39 heavy (non-hydrogen) atoms. The quantitative estimate of drug-likeness (QED) is 0.225. The molecule has 6 nitrogen and oxygen atoms in total. The van der Waals surface area contributed by atoms with Crippen LogP contribution in [-0.4, -0.2) is 31.2 Å². The average molecular weight is 562 g/mol. The maximum Gasteiger partial charge on any atom is 0.337 e. The molecule has 1 atom stereocenters. The number of ether oxygens (including phenoxy) is 1. The molecule has 0 bridgehead atoms. The second kappa shape index (κ2) is 10.0. The van der Waals surface area contributed by atoms with Crippen LogP contribution >= 0.6 is 22.9 Å². The number of carboxylic acids is 1. The molecule has 0 fully saturated rings. The van der Waals surface area contributed by atoms with Gasteiger partial charge in [0, 0.05) is 34.7 Å². The third-order valence-corrected chi connectivity index (χ3v) is 8.09. The standard InChI is InChI=1S/C31H32ClN3O3S/c1-16(2)28-33-21-15-19(10-13-23(21)35(28)7)29-34-22-14-17(3)24(26(30(36)37)38-31(4,5)6)25(27(22)39-29)18-8-11-20(32)12-9-18/h8-16,26H,1-7H3,(H,36,37). The minimum atomic E-state index is -1.15. The van der Waals surface area contributed by atoms with Crippen molar-refractivity contribution in [3.05, 3.63) is 70.5 Å². The van der Waals surface area contributed by atoms with Crippen molar-refractivity contribution in [3.63, 3.8) is 0 Å². The molecule has 0 aliphatic carbocycles. The van der Waals surface area contributed by atoms with Crippen LogP contribution in [0.2, 0.25) is 5.02 Å². The summed E-state index contributed by atoms with van der Waals surface area (Å²) >= 11 is 7.76. The molecule has 0 aliphatic heterocycles. The van der Waals surface area contributed by atoms with E-state index in [1.54, 1.807) is 11.3 Å². The summed E-state index contributed by atoms with van der Waals surface area (Å²) in [6.45, 7) is 11.8. The predicted octanol–water partition coefficient (Wildman–Crippen LogP) is 8.54. The SMILES string of the molecule is Cc1cc2nc(-c3ccc4c(c3)nc(C(C)C)n4C)sc2c(-c2ccc(Cl)cc2)c1C(OC(C)(C)C)C(=O)O. The number of fused-ring (bicyclic) bond motifs is 2. The van der Waals surface area contributed by atoms with Crippen LogP contribution < -0.4 is 0 Å². The lowest BCUT2D eigenvalue weighted by Gasteiger charge is -2.28. The van der Waals surface area contributed by atoms with Crippen LogP contribution in [0.15, 0.2) is 48.5 Å². The van der Waals surface area contributed by atoms with E-state index in [0.717, 1.165) is 54.3 Å². The molecule has 2 aromatic heterocycles. The van der Waals surface area contributed by atoms with Crippen LogP contribution in [0.5, 0.6) is 0 Å². The van der Waals surface area contributed by atoms with Gasteiger partial charge in [0.2, 0.25) is 0 Å². The van der Waals surface area contributed by atoms with Gasteiger partial charge in [0.25, 0.3) is 0 Å². The molecule has 0 saturated carbocycles. The first kappa shape index (κ1) is 27.3. The van der Waals surface area contributed by atoms with Crippen molar-refractivity contribution in [2.45, 2.75) is 59.2 Å². The van der Waals surface area contributed by atoms with E-state index in [2.05, 4.69) is 36.6 Å². The molecule has 0 radical (unpaired) electrons. The number of carboxylic acid groups (broad SMARTS) is 1. The number of rotatable bonds is 6. The number of benzene rings is 3. The Hall–Kier alpha value is -3.26. The Morgan fingerprint density at radius 3 is 2.31 bits per heavy atom. The van der Waals surface area contributed by atoms with E-state index in [1.807, 2.05) is 65.1 Å². The molecule has 0 amide bonds. The molecule has 0 spiro atoms. The number of aliphatic carboxylic acids is 1. The Balaban J connectivity index is 1.76. The molecule has 5 aromatic rings. The van der Waals surface area contributed by atoms with E-state index in [0.29, 0.717) is 16.5 Å². The van der Waals surface area contributed by atoms with Gasteiger partial charge >= 0.3 is 5.97 Å². The molecular formula is C31H32ClN3O3S. The summed E-state index contributed by atoms with van der Waals surface area (Å²) in [6.07, 6.45) is -1.15. The Bertz CT molecular complexity index is 1710. The van der Waals surface area contributed by atoms with Gasteiger partial charge in [-0.3, -0.25) is 0 Å². The van der Waals surface area contributed by atoms with E-state index in [9.17, 15) is 9.90 Å². The van der Waals surface area contributed by atoms with Crippen molar-refractivity contribution in [2.24, 2.45) is 7.05 Å². The Morgan fingerprint density at radius 1 is 1.03 bits per heavy atom. The van der Waals surface area contributed by atoms with Gasteiger partial charge in [-0.2, -0.15) is 0 Å². The van der Waals surface area contributed by atoms with Gasteiger partial charge in [0.1, 0.15) is 10.8 Å². The molecule has 3 aromatic carbocycles. The number of imidazole rings is 1. The van der Waals surface area contributed by atoms with Crippen LogP contribution in [0.4, 0.5) is 0 Å². The zero-order valence-corrected chi connectivity index (χ0v) is 24.7. The normalized spacial score (nSPS) is 13.1. The van der Waals surface area contributed by atoms with Crippen LogP contribution in [-0.2, 0) is 16.6 Å². The van der Waals surface area contributed by atoms with Crippen molar-refractivity contribution in [1.29, 1.82) is 0 Å². The number of thiazole rings is 1. The predicted molar refractivity (Wildman–Crippen MR) is 160 cm³/mol.